The molecule has 0 aliphatic heterocycles. The molecule has 0 bridgehead atoms. The first-order chi connectivity index (χ1) is 18.8. The predicted molar refractivity (Wildman–Crippen MR) is 158 cm³/mol. The summed E-state index contributed by atoms with van der Waals surface area (Å²) in [5, 5.41) is 10.5. The van der Waals surface area contributed by atoms with E-state index in [0.717, 1.165) is 70.8 Å². The van der Waals surface area contributed by atoms with Crippen LogP contribution in [0.5, 0.6) is 0 Å². The maximum atomic E-state index is 12.7. The smallest absolute Gasteiger partial charge is 0.332 e. The summed E-state index contributed by atoms with van der Waals surface area (Å²) in [6.45, 7) is 5.44. The number of hydrogen-bond donors (Lipinski definition) is 1. The van der Waals surface area contributed by atoms with E-state index in [4.69, 9.17) is 0 Å². The van der Waals surface area contributed by atoms with Crippen LogP contribution >= 0.6 is 0 Å². The van der Waals surface area contributed by atoms with Crippen LogP contribution < -0.4 is 11.2 Å². The van der Waals surface area contributed by atoms with Crippen LogP contribution in [0.4, 0.5) is 0 Å². The third kappa shape index (κ3) is 10.9. The van der Waals surface area contributed by atoms with Gasteiger partial charge in [-0.2, -0.15) is 0 Å². The molecule has 0 radical (unpaired) electrons. The fourth-order valence-electron chi connectivity index (χ4n) is 5.29. The van der Waals surface area contributed by atoms with Crippen molar-refractivity contribution in [2.24, 2.45) is 14.1 Å². The monoisotopic (exact) mass is 547 g/mol. The van der Waals surface area contributed by atoms with E-state index in [-0.39, 0.29) is 17.2 Å². The summed E-state index contributed by atoms with van der Waals surface area (Å²) >= 11 is 0. The van der Waals surface area contributed by atoms with Crippen LogP contribution in [0.3, 0.4) is 0 Å². The number of unbranched alkanes of at least 4 members (excludes halogenated alkanes) is 13. The molecule has 2 aromatic rings. The zero-order chi connectivity index (χ0) is 28.6. The Kier molecular flexibility index (Phi) is 15.2. The summed E-state index contributed by atoms with van der Waals surface area (Å²) in [6.07, 6.45) is 18.8. The second kappa shape index (κ2) is 18.0. The first-order valence-corrected chi connectivity index (χ1v) is 15.3. The predicted octanol–water partition coefficient (Wildman–Crippen LogP) is 4.90. The molecule has 1 unspecified atom stereocenters. The topological polar surface area (TPSA) is 102 Å². The van der Waals surface area contributed by atoms with E-state index >= 15 is 0 Å². The SMILES string of the molecule is CCCCCCCCCCN(CC(O)CCCCCCCCCn1c(=O)c2c(ncn2C)n(C)c1=O)C(C)=O. The molecule has 222 valence electrons. The second-order valence-corrected chi connectivity index (χ2v) is 11.2. The van der Waals surface area contributed by atoms with E-state index in [0.29, 0.717) is 24.3 Å². The lowest BCUT2D eigenvalue weighted by molar-refractivity contribution is -0.130. The second-order valence-electron chi connectivity index (χ2n) is 11.2. The lowest BCUT2D eigenvalue weighted by Gasteiger charge is -2.24. The van der Waals surface area contributed by atoms with Gasteiger partial charge in [-0.15, -0.1) is 0 Å². The van der Waals surface area contributed by atoms with Crippen LogP contribution in [0.1, 0.15) is 117 Å². The molecule has 0 aliphatic rings. The fourth-order valence-corrected chi connectivity index (χ4v) is 5.29. The molecule has 0 saturated heterocycles. The number of rotatable bonds is 21. The molecule has 1 atom stereocenters. The van der Waals surface area contributed by atoms with Crippen LogP contribution in [0, 0.1) is 0 Å². The fraction of sp³-hybridized carbons (Fsp3) is 0.800. The quantitative estimate of drug-likeness (QED) is 0.224. The van der Waals surface area contributed by atoms with Gasteiger partial charge in [0.2, 0.25) is 5.91 Å². The number of nitrogens with zero attached hydrogens (tertiary/aromatic N) is 5. The van der Waals surface area contributed by atoms with Crippen molar-refractivity contribution in [3.63, 3.8) is 0 Å². The van der Waals surface area contributed by atoms with Gasteiger partial charge in [0.1, 0.15) is 0 Å². The number of fused-ring (bicyclic) bond motifs is 1. The molecule has 2 heterocycles. The highest BCUT2D eigenvalue weighted by atomic mass is 16.3. The number of aliphatic hydroxyl groups excluding tert-OH is 1. The summed E-state index contributed by atoms with van der Waals surface area (Å²) in [5.74, 6) is 0.0531. The van der Waals surface area contributed by atoms with Crippen molar-refractivity contribution in [3.8, 4) is 0 Å². The van der Waals surface area contributed by atoms with Crippen LogP contribution in [0.2, 0.25) is 0 Å². The maximum Gasteiger partial charge on any atom is 0.332 e. The van der Waals surface area contributed by atoms with Crippen molar-refractivity contribution in [1.82, 2.24) is 23.6 Å². The van der Waals surface area contributed by atoms with Gasteiger partial charge in [-0.3, -0.25) is 18.7 Å². The van der Waals surface area contributed by atoms with Gasteiger partial charge in [0.05, 0.1) is 12.4 Å². The molecule has 2 rings (SSSR count). The molecule has 0 aromatic carbocycles. The van der Waals surface area contributed by atoms with Gasteiger partial charge in [-0.05, 0) is 19.3 Å². The Morgan fingerprint density at radius 1 is 0.897 bits per heavy atom. The molecule has 1 N–H and O–H groups in total. The molecule has 0 saturated carbocycles. The van der Waals surface area contributed by atoms with Gasteiger partial charge in [0, 0.05) is 40.7 Å². The third-order valence-corrected chi connectivity index (χ3v) is 7.78. The number of imidazole rings is 1. The minimum Gasteiger partial charge on any atom is -0.391 e. The molecular weight excluding hydrogens is 494 g/mol. The number of aliphatic hydroxyl groups is 1. The van der Waals surface area contributed by atoms with E-state index in [1.54, 1.807) is 31.9 Å². The van der Waals surface area contributed by atoms with E-state index in [1.165, 1.54) is 47.7 Å². The average Bonchev–Trinajstić information content (AvgIpc) is 3.30. The molecule has 1 amide bonds. The molecule has 0 fully saturated rings. The molecule has 39 heavy (non-hydrogen) atoms. The van der Waals surface area contributed by atoms with Crippen molar-refractivity contribution in [2.45, 2.75) is 129 Å². The highest BCUT2D eigenvalue weighted by Gasteiger charge is 2.15. The van der Waals surface area contributed by atoms with Crippen LogP contribution in [-0.4, -0.2) is 53.8 Å². The van der Waals surface area contributed by atoms with Crippen LogP contribution in [0.25, 0.3) is 11.2 Å². The number of hydrogen-bond acceptors (Lipinski definition) is 5. The van der Waals surface area contributed by atoms with Crippen LogP contribution in [0.15, 0.2) is 15.9 Å². The zero-order valence-electron chi connectivity index (χ0n) is 25.0. The van der Waals surface area contributed by atoms with Crippen molar-refractivity contribution in [3.05, 3.63) is 27.2 Å². The minimum atomic E-state index is -0.458. The van der Waals surface area contributed by atoms with Gasteiger partial charge in [-0.25, -0.2) is 9.78 Å². The van der Waals surface area contributed by atoms with Gasteiger partial charge in [0.25, 0.3) is 5.56 Å². The Morgan fingerprint density at radius 2 is 1.46 bits per heavy atom. The van der Waals surface area contributed by atoms with Crippen molar-refractivity contribution in [1.29, 1.82) is 0 Å². The number of amides is 1. The van der Waals surface area contributed by atoms with Crippen molar-refractivity contribution >= 4 is 17.1 Å². The van der Waals surface area contributed by atoms with Crippen molar-refractivity contribution in [2.75, 3.05) is 13.1 Å². The van der Waals surface area contributed by atoms with Crippen molar-refractivity contribution < 1.29 is 9.90 Å². The third-order valence-electron chi connectivity index (χ3n) is 7.78. The lowest BCUT2D eigenvalue weighted by Crippen LogP contribution is -2.39. The number of aryl methyl sites for hydroxylation is 2. The molecule has 0 spiro atoms. The standard InChI is InChI=1S/C30H53N5O4/c1-5-6-7-8-9-12-15-18-21-34(25(2)36)23-26(37)20-17-14-11-10-13-16-19-22-35-29(38)27-28(31-24-32(27)3)33(4)30(35)39/h24,26,37H,5-23H2,1-4H3. The summed E-state index contributed by atoms with van der Waals surface area (Å²) in [5.41, 5.74) is 0.295. The first-order valence-electron chi connectivity index (χ1n) is 15.3. The summed E-state index contributed by atoms with van der Waals surface area (Å²) in [4.78, 5) is 43.3. The summed E-state index contributed by atoms with van der Waals surface area (Å²) in [6, 6.07) is 0. The highest BCUT2D eigenvalue weighted by Crippen LogP contribution is 2.13. The molecule has 0 aliphatic carbocycles. The van der Waals surface area contributed by atoms with Gasteiger partial charge < -0.3 is 14.6 Å². The minimum absolute atomic E-state index is 0.0531. The van der Waals surface area contributed by atoms with Gasteiger partial charge in [0.15, 0.2) is 11.2 Å². The Bertz CT molecular complexity index is 1100. The van der Waals surface area contributed by atoms with E-state index in [9.17, 15) is 19.5 Å². The number of carbonyl (C=O) groups excluding carboxylic acids is 1. The normalized spacial score (nSPS) is 12.3. The summed E-state index contributed by atoms with van der Waals surface area (Å²) < 4.78 is 4.43. The van der Waals surface area contributed by atoms with Gasteiger partial charge in [-0.1, -0.05) is 90.4 Å². The van der Waals surface area contributed by atoms with E-state index in [1.807, 2.05) is 4.90 Å². The average molecular weight is 548 g/mol. The molecule has 2 aromatic heterocycles. The van der Waals surface area contributed by atoms with Crippen LogP contribution in [-0.2, 0) is 25.4 Å². The Labute approximate surface area is 234 Å². The number of carbonyl (C=O) groups is 1. The first kappa shape index (κ1) is 32.8. The summed E-state index contributed by atoms with van der Waals surface area (Å²) in [7, 11) is 3.42. The van der Waals surface area contributed by atoms with E-state index < -0.39 is 6.10 Å². The molecule has 9 heteroatoms. The maximum absolute atomic E-state index is 12.7. The number of aromatic nitrogens is 4. The molecule has 9 nitrogen and oxygen atoms in total. The zero-order valence-corrected chi connectivity index (χ0v) is 25.0. The Balaban J connectivity index is 1.55. The van der Waals surface area contributed by atoms with Gasteiger partial charge >= 0.3 is 5.69 Å². The largest absolute Gasteiger partial charge is 0.391 e. The Hall–Kier alpha value is -2.42. The van der Waals surface area contributed by atoms with E-state index in [2.05, 4.69) is 11.9 Å². The highest BCUT2D eigenvalue weighted by molar-refractivity contribution is 5.73. The Morgan fingerprint density at radius 3 is 2.08 bits per heavy atom. The molecular formula is C30H53N5O4. The lowest BCUT2D eigenvalue weighted by atomic mass is 10.1.